The van der Waals surface area contributed by atoms with Crippen molar-refractivity contribution in [1.29, 1.82) is 0 Å². The summed E-state index contributed by atoms with van der Waals surface area (Å²) in [4.78, 5) is 12.1. The molecule has 1 fully saturated rings. The van der Waals surface area contributed by atoms with Crippen LogP contribution in [0, 0.1) is 5.92 Å². The van der Waals surface area contributed by atoms with Crippen molar-refractivity contribution in [3.63, 3.8) is 0 Å². The minimum Gasteiger partial charge on any atom is -0.484 e. The van der Waals surface area contributed by atoms with Crippen LogP contribution in [0.25, 0.3) is 0 Å². The monoisotopic (exact) mass is 296 g/mol. The number of carbonyl (C=O) groups is 1. The van der Waals surface area contributed by atoms with Gasteiger partial charge in [0, 0.05) is 18.4 Å². The van der Waals surface area contributed by atoms with Crippen LogP contribution >= 0.6 is 0 Å². The molecular weight excluding hydrogens is 275 g/mol. The molecule has 1 aromatic rings. The lowest BCUT2D eigenvalue weighted by Crippen LogP contribution is -2.16. The predicted octanol–water partition coefficient (Wildman–Crippen LogP) is 3.39. The first-order valence-corrected chi connectivity index (χ1v) is 7.20. The van der Waals surface area contributed by atoms with Crippen molar-refractivity contribution >= 4 is 5.78 Å². The molecule has 1 aliphatic rings. The molecule has 2 rings (SSSR count). The summed E-state index contributed by atoms with van der Waals surface area (Å²) in [5.41, 5.74) is 0.559. The van der Waals surface area contributed by atoms with E-state index in [1.54, 1.807) is 18.2 Å². The van der Waals surface area contributed by atoms with Crippen LogP contribution in [0.3, 0.4) is 0 Å². The van der Waals surface area contributed by atoms with Gasteiger partial charge in [-0.1, -0.05) is 13.8 Å². The highest BCUT2D eigenvalue weighted by molar-refractivity contribution is 5.96. The minimum absolute atomic E-state index is 0.0457. The van der Waals surface area contributed by atoms with Crippen LogP contribution in [0.4, 0.5) is 4.39 Å². The fourth-order valence-corrected chi connectivity index (χ4v) is 2.23. The van der Waals surface area contributed by atoms with Gasteiger partial charge >= 0.3 is 0 Å². The van der Waals surface area contributed by atoms with E-state index in [2.05, 4.69) is 0 Å². The van der Waals surface area contributed by atoms with Gasteiger partial charge in [0.25, 0.3) is 0 Å². The highest BCUT2D eigenvalue weighted by atomic mass is 19.1. The van der Waals surface area contributed by atoms with Crippen LogP contribution in [0.5, 0.6) is 11.5 Å². The van der Waals surface area contributed by atoms with E-state index in [-0.39, 0.29) is 17.8 Å². The van der Waals surface area contributed by atoms with Crippen molar-refractivity contribution in [3.05, 3.63) is 23.8 Å². The summed E-state index contributed by atoms with van der Waals surface area (Å²) in [6, 6.07) is 4.86. The normalized spacial score (nSPS) is 18.0. The molecule has 0 saturated carbocycles. The Hall–Kier alpha value is -1.62. The summed E-state index contributed by atoms with van der Waals surface area (Å²) in [6.45, 7) is 4.20. The first-order chi connectivity index (χ1) is 10.1. The maximum atomic E-state index is 12.4. The smallest absolute Gasteiger partial charge is 0.228 e. The second kappa shape index (κ2) is 7.41. The summed E-state index contributed by atoms with van der Waals surface area (Å²) in [7, 11) is 0. The van der Waals surface area contributed by atoms with E-state index in [1.165, 1.54) is 0 Å². The maximum absolute atomic E-state index is 12.4. The molecule has 1 aromatic carbocycles. The van der Waals surface area contributed by atoms with Gasteiger partial charge in [-0.05, 0) is 24.1 Å². The van der Waals surface area contributed by atoms with E-state index in [4.69, 9.17) is 14.2 Å². The molecule has 0 radical (unpaired) electrons. The molecule has 1 aliphatic heterocycles. The number of ether oxygens (including phenoxy) is 3. The van der Waals surface area contributed by atoms with E-state index < -0.39 is 6.86 Å². The Morgan fingerprint density at radius 1 is 1.43 bits per heavy atom. The summed E-state index contributed by atoms with van der Waals surface area (Å²) < 4.78 is 28.4. The zero-order chi connectivity index (χ0) is 15.2. The van der Waals surface area contributed by atoms with Crippen molar-refractivity contribution in [3.8, 4) is 11.5 Å². The van der Waals surface area contributed by atoms with Crippen molar-refractivity contribution in [2.45, 2.75) is 32.8 Å². The third-order valence-electron chi connectivity index (χ3n) is 3.25. The van der Waals surface area contributed by atoms with E-state index in [0.29, 0.717) is 36.7 Å². The van der Waals surface area contributed by atoms with Crippen LogP contribution in [-0.4, -0.2) is 32.0 Å². The molecular formula is C16H21FO4. The van der Waals surface area contributed by atoms with E-state index in [9.17, 15) is 9.18 Å². The number of hydrogen-bond donors (Lipinski definition) is 0. The van der Waals surface area contributed by atoms with Crippen molar-refractivity contribution in [2.75, 3.05) is 20.1 Å². The van der Waals surface area contributed by atoms with Crippen molar-refractivity contribution in [2.24, 2.45) is 5.92 Å². The largest absolute Gasteiger partial charge is 0.484 e. The molecule has 0 amide bonds. The van der Waals surface area contributed by atoms with Gasteiger partial charge in [0.15, 0.2) is 17.3 Å². The molecule has 1 heterocycles. The van der Waals surface area contributed by atoms with Crippen LogP contribution in [0.1, 0.15) is 37.0 Å². The first-order valence-electron chi connectivity index (χ1n) is 7.20. The molecule has 0 aliphatic carbocycles. The fourth-order valence-electron chi connectivity index (χ4n) is 2.23. The standard InChI is InChI=1S/C16H21FO4/c1-11(2)7-14(18)12-3-4-15(20-10-17)16(8-12)21-13-5-6-19-9-13/h3-4,8,11,13H,5-7,9-10H2,1-2H3. The molecule has 1 atom stereocenters. The second-order valence-electron chi connectivity index (χ2n) is 5.54. The molecule has 5 heteroatoms. The van der Waals surface area contributed by atoms with Crippen molar-refractivity contribution < 1.29 is 23.4 Å². The molecule has 0 bridgehead atoms. The summed E-state index contributed by atoms with van der Waals surface area (Å²) >= 11 is 0. The van der Waals surface area contributed by atoms with Crippen LogP contribution < -0.4 is 9.47 Å². The predicted molar refractivity (Wildman–Crippen MR) is 76.7 cm³/mol. The van der Waals surface area contributed by atoms with Crippen LogP contribution in [0.2, 0.25) is 0 Å². The van der Waals surface area contributed by atoms with E-state index in [1.807, 2.05) is 13.8 Å². The molecule has 0 spiro atoms. The molecule has 1 unspecified atom stereocenters. The Morgan fingerprint density at radius 2 is 2.24 bits per heavy atom. The minimum atomic E-state index is -0.934. The number of carbonyl (C=O) groups excluding carboxylic acids is 1. The quantitative estimate of drug-likeness (QED) is 0.723. The lowest BCUT2D eigenvalue weighted by molar-refractivity contribution is 0.0966. The number of ketones is 1. The number of halogens is 1. The Bertz CT molecular complexity index is 481. The molecule has 1 saturated heterocycles. The Morgan fingerprint density at radius 3 is 2.86 bits per heavy atom. The van der Waals surface area contributed by atoms with Gasteiger partial charge in [0.05, 0.1) is 13.2 Å². The highest BCUT2D eigenvalue weighted by Gasteiger charge is 2.20. The molecule has 116 valence electrons. The first kappa shape index (κ1) is 15.8. The highest BCUT2D eigenvalue weighted by Crippen LogP contribution is 2.31. The molecule has 0 aromatic heterocycles. The Kier molecular flexibility index (Phi) is 5.56. The molecule has 0 N–H and O–H groups in total. The van der Waals surface area contributed by atoms with Gasteiger partial charge in [-0.15, -0.1) is 0 Å². The summed E-state index contributed by atoms with van der Waals surface area (Å²) in [5, 5.41) is 0. The molecule has 4 nitrogen and oxygen atoms in total. The number of benzene rings is 1. The fraction of sp³-hybridized carbons (Fsp3) is 0.562. The number of hydrogen-bond acceptors (Lipinski definition) is 4. The van der Waals surface area contributed by atoms with Crippen LogP contribution in [0.15, 0.2) is 18.2 Å². The van der Waals surface area contributed by atoms with Gasteiger partial charge in [-0.25, -0.2) is 4.39 Å². The lowest BCUT2D eigenvalue weighted by Gasteiger charge is -2.16. The Balaban J connectivity index is 2.18. The summed E-state index contributed by atoms with van der Waals surface area (Å²) in [5.74, 6) is 1.04. The lowest BCUT2D eigenvalue weighted by atomic mass is 10.0. The second-order valence-corrected chi connectivity index (χ2v) is 5.54. The third-order valence-corrected chi connectivity index (χ3v) is 3.25. The zero-order valence-corrected chi connectivity index (χ0v) is 12.4. The van der Waals surface area contributed by atoms with Crippen molar-refractivity contribution in [1.82, 2.24) is 0 Å². The average Bonchev–Trinajstić information content (AvgIpc) is 2.93. The van der Waals surface area contributed by atoms with Gasteiger partial charge in [0.1, 0.15) is 6.10 Å². The third kappa shape index (κ3) is 4.43. The number of alkyl halides is 1. The van der Waals surface area contributed by atoms with Gasteiger partial charge in [-0.2, -0.15) is 0 Å². The average molecular weight is 296 g/mol. The number of rotatable bonds is 7. The summed E-state index contributed by atoms with van der Waals surface area (Å²) in [6.07, 6.45) is 1.16. The van der Waals surface area contributed by atoms with Gasteiger partial charge in [-0.3, -0.25) is 4.79 Å². The van der Waals surface area contributed by atoms with E-state index in [0.717, 1.165) is 6.42 Å². The van der Waals surface area contributed by atoms with Crippen LogP contribution in [-0.2, 0) is 4.74 Å². The Labute approximate surface area is 124 Å². The number of Topliss-reactive ketones (excluding diaryl/α,β-unsaturated/α-hetero) is 1. The molecule has 21 heavy (non-hydrogen) atoms. The van der Waals surface area contributed by atoms with E-state index >= 15 is 0 Å². The topological polar surface area (TPSA) is 44.8 Å². The maximum Gasteiger partial charge on any atom is 0.228 e. The zero-order valence-electron chi connectivity index (χ0n) is 12.4. The SMILES string of the molecule is CC(C)CC(=O)c1ccc(OCF)c(OC2CCOC2)c1. The van der Waals surface area contributed by atoms with Gasteiger partial charge < -0.3 is 14.2 Å². The van der Waals surface area contributed by atoms with Gasteiger partial charge in [0.2, 0.25) is 6.86 Å².